The molecular formula is C24H29N5O3S. The fraction of sp³-hybridized carbons (Fsp3) is 0.333. The number of rotatable bonds is 7. The second-order valence-electron chi connectivity index (χ2n) is 8.86. The molecule has 1 N–H and O–H groups in total. The van der Waals surface area contributed by atoms with Crippen LogP contribution in [0.2, 0.25) is 0 Å². The van der Waals surface area contributed by atoms with Crippen molar-refractivity contribution in [1.82, 2.24) is 14.7 Å². The van der Waals surface area contributed by atoms with Crippen LogP contribution in [0.1, 0.15) is 25.0 Å². The van der Waals surface area contributed by atoms with Crippen LogP contribution in [0, 0.1) is 5.92 Å². The van der Waals surface area contributed by atoms with Gasteiger partial charge in [-0.25, -0.2) is 17.9 Å². The quantitative estimate of drug-likeness (QED) is 0.565. The van der Waals surface area contributed by atoms with E-state index < -0.39 is 9.84 Å². The molecule has 1 aromatic heterocycles. The number of urea groups is 1. The molecule has 8 nitrogen and oxygen atoms in total. The summed E-state index contributed by atoms with van der Waals surface area (Å²) in [5.41, 5.74) is 2.78. The van der Waals surface area contributed by atoms with Crippen molar-refractivity contribution in [3.8, 4) is 0 Å². The summed E-state index contributed by atoms with van der Waals surface area (Å²) >= 11 is 0. The van der Waals surface area contributed by atoms with Crippen LogP contribution in [0.4, 0.5) is 22.1 Å². The third-order valence-electron chi connectivity index (χ3n) is 5.51. The Labute approximate surface area is 194 Å². The number of hydrogen-bond acceptors (Lipinski definition) is 5. The molecule has 9 heteroatoms. The average Bonchev–Trinajstić information content (AvgIpc) is 3.08. The SMILES string of the molecule is CC(C)CN1C(=O)N(C)Cc2c1nn(Cc1ccc(S(C)(=O)=O)cc1)c2Nc1ccccc1. The Kier molecular flexibility index (Phi) is 6.16. The van der Waals surface area contributed by atoms with Crippen LogP contribution >= 0.6 is 0 Å². The van der Waals surface area contributed by atoms with E-state index in [2.05, 4.69) is 19.2 Å². The number of benzene rings is 2. The van der Waals surface area contributed by atoms with Gasteiger partial charge >= 0.3 is 6.03 Å². The molecule has 0 saturated carbocycles. The van der Waals surface area contributed by atoms with E-state index in [1.54, 1.807) is 41.1 Å². The summed E-state index contributed by atoms with van der Waals surface area (Å²) in [6.07, 6.45) is 1.20. The Balaban J connectivity index is 1.77. The molecule has 0 radical (unpaired) electrons. The largest absolute Gasteiger partial charge is 0.340 e. The van der Waals surface area contributed by atoms with E-state index >= 15 is 0 Å². The highest BCUT2D eigenvalue weighted by atomic mass is 32.2. The number of carbonyl (C=O) groups excluding carboxylic acids is 1. The fourth-order valence-corrected chi connectivity index (χ4v) is 4.54. The molecule has 4 rings (SSSR count). The highest BCUT2D eigenvalue weighted by Crippen LogP contribution is 2.35. The third-order valence-corrected chi connectivity index (χ3v) is 6.63. The molecule has 33 heavy (non-hydrogen) atoms. The molecule has 174 valence electrons. The number of aromatic nitrogens is 2. The van der Waals surface area contributed by atoms with Gasteiger partial charge in [0.2, 0.25) is 0 Å². The number of amides is 2. The van der Waals surface area contributed by atoms with Crippen molar-refractivity contribution in [2.75, 3.05) is 30.1 Å². The summed E-state index contributed by atoms with van der Waals surface area (Å²) in [7, 11) is -1.46. The predicted molar refractivity (Wildman–Crippen MR) is 130 cm³/mol. The monoisotopic (exact) mass is 467 g/mol. The van der Waals surface area contributed by atoms with Gasteiger partial charge in [0, 0.05) is 25.5 Å². The molecular weight excluding hydrogens is 438 g/mol. The van der Waals surface area contributed by atoms with Gasteiger partial charge in [-0.15, -0.1) is 0 Å². The summed E-state index contributed by atoms with van der Waals surface area (Å²) in [4.78, 5) is 16.6. The normalized spacial score (nSPS) is 14.0. The summed E-state index contributed by atoms with van der Waals surface area (Å²) < 4.78 is 25.5. The number of para-hydroxylation sites is 1. The molecule has 1 aliphatic heterocycles. The first-order chi connectivity index (χ1) is 15.6. The minimum absolute atomic E-state index is 0.0652. The van der Waals surface area contributed by atoms with E-state index in [1.165, 1.54) is 6.26 Å². The van der Waals surface area contributed by atoms with Gasteiger partial charge in [-0.1, -0.05) is 44.2 Å². The number of fused-ring (bicyclic) bond motifs is 1. The van der Waals surface area contributed by atoms with Crippen LogP contribution in [-0.4, -0.2) is 49.0 Å². The standard InChI is InChI=1S/C24H29N5O3S/c1-17(2)14-28-23-21(16-27(3)24(28)30)22(25-19-8-6-5-7-9-19)29(26-23)15-18-10-12-20(13-11-18)33(4,31)32/h5-13,17,25H,14-16H2,1-4H3. The van der Waals surface area contributed by atoms with Gasteiger partial charge in [-0.3, -0.25) is 4.90 Å². The van der Waals surface area contributed by atoms with E-state index in [1.807, 2.05) is 35.0 Å². The molecule has 2 heterocycles. The molecule has 2 aromatic carbocycles. The molecule has 0 atom stereocenters. The Bertz CT molecular complexity index is 1250. The van der Waals surface area contributed by atoms with E-state index in [0.29, 0.717) is 25.5 Å². The Morgan fingerprint density at radius 1 is 1.06 bits per heavy atom. The molecule has 0 saturated heterocycles. The maximum atomic E-state index is 12.9. The van der Waals surface area contributed by atoms with Crippen LogP contribution < -0.4 is 10.2 Å². The van der Waals surface area contributed by atoms with Crippen LogP contribution in [0.25, 0.3) is 0 Å². The minimum atomic E-state index is -3.26. The van der Waals surface area contributed by atoms with Crippen LogP contribution in [0.3, 0.4) is 0 Å². The zero-order valence-corrected chi connectivity index (χ0v) is 20.1. The Morgan fingerprint density at radius 3 is 2.33 bits per heavy atom. The second kappa shape index (κ2) is 8.90. The van der Waals surface area contributed by atoms with Gasteiger partial charge in [-0.2, -0.15) is 5.10 Å². The van der Waals surface area contributed by atoms with Crippen LogP contribution in [0.5, 0.6) is 0 Å². The van der Waals surface area contributed by atoms with Gasteiger partial charge in [-0.05, 0) is 35.7 Å². The lowest BCUT2D eigenvalue weighted by Crippen LogP contribution is -2.46. The first kappa shape index (κ1) is 22.8. The molecule has 1 aliphatic rings. The van der Waals surface area contributed by atoms with E-state index in [4.69, 9.17) is 5.10 Å². The molecule has 3 aromatic rings. The zero-order valence-electron chi connectivity index (χ0n) is 19.3. The smallest absolute Gasteiger partial charge is 0.325 e. The van der Waals surface area contributed by atoms with E-state index in [0.717, 1.165) is 22.6 Å². The predicted octanol–water partition coefficient (Wildman–Crippen LogP) is 4.11. The van der Waals surface area contributed by atoms with Crippen molar-refractivity contribution in [2.24, 2.45) is 5.92 Å². The van der Waals surface area contributed by atoms with E-state index in [9.17, 15) is 13.2 Å². The number of hydrogen-bond donors (Lipinski definition) is 1. The van der Waals surface area contributed by atoms with E-state index in [-0.39, 0.29) is 16.8 Å². The number of nitrogens with one attached hydrogen (secondary N) is 1. The van der Waals surface area contributed by atoms with Crippen molar-refractivity contribution in [1.29, 1.82) is 0 Å². The van der Waals surface area contributed by atoms with Gasteiger partial charge in [0.05, 0.1) is 23.5 Å². The van der Waals surface area contributed by atoms with Gasteiger partial charge in [0.15, 0.2) is 15.7 Å². The topological polar surface area (TPSA) is 87.5 Å². The van der Waals surface area contributed by atoms with Gasteiger partial charge in [0.1, 0.15) is 5.82 Å². The number of sulfone groups is 1. The highest BCUT2D eigenvalue weighted by molar-refractivity contribution is 7.90. The molecule has 0 spiro atoms. The first-order valence-corrected chi connectivity index (χ1v) is 12.8. The van der Waals surface area contributed by atoms with Crippen molar-refractivity contribution in [3.05, 3.63) is 65.7 Å². The van der Waals surface area contributed by atoms with Crippen molar-refractivity contribution < 1.29 is 13.2 Å². The maximum Gasteiger partial charge on any atom is 0.325 e. The summed E-state index contributed by atoms with van der Waals surface area (Å²) in [6.45, 7) is 5.60. The first-order valence-electron chi connectivity index (χ1n) is 10.9. The van der Waals surface area contributed by atoms with Crippen molar-refractivity contribution >= 4 is 33.2 Å². The summed E-state index contributed by atoms with van der Waals surface area (Å²) in [5.74, 6) is 1.77. The van der Waals surface area contributed by atoms with Crippen LogP contribution in [0.15, 0.2) is 59.5 Å². The van der Waals surface area contributed by atoms with Crippen molar-refractivity contribution in [3.63, 3.8) is 0 Å². The van der Waals surface area contributed by atoms with Gasteiger partial charge in [0.25, 0.3) is 0 Å². The third kappa shape index (κ3) is 4.88. The molecule has 0 fully saturated rings. The summed E-state index contributed by atoms with van der Waals surface area (Å²) in [6, 6.07) is 16.6. The lowest BCUT2D eigenvalue weighted by molar-refractivity contribution is 0.209. The van der Waals surface area contributed by atoms with Gasteiger partial charge < -0.3 is 10.2 Å². The average molecular weight is 468 g/mol. The Hall–Kier alpha value is -3.33. The number of anilines is 3. The fourth-order valence-electron chi connectivity index (χ4n) is 3.91. The van der Waals surface area contributed by atoms with Crippen LogP contribution in [-0.2, 0) is 22.9 Å². The molecule has 0 bridgehead atoms. The second-order valence-corrected chi connectivity index (χ2v) is 10.9. The maximum absolute atomic E-state index is 12.9. The zero-order chi connectivity index (χ0) is 23.8. The number of nitrogens with zero attached hydrogens (tertiary/aromatic N) is 4. The number of carbonyl (C=O) groups is 1. The lowest BCUT2D eigenvalue weighted by Gasteiger charge is -2.33. The summed E-state index contributed by atoms with van der Waals surface area (Å²) in [5, 5.41) is 8.33. The minimum Gasteiger partial charge on any atom is -0.340 e. The highest BCUT2D eigenvalue weighted by Gasteiger charge is 2.34. The molecule has 2 amide bonds. The molecule has 0 aliphatic carbocycles. The lowest BCUT2D eigenvalue weighted by atomic mass is 10.1. The Morgan fingerprint density at radius 2 is 1.73 bits per heavy atom. The van der Waals surface area contributed by atoms with Crippen molar-refractivity contribution in [2.45, 2.75) is 31.8 Å². The molecule has 0 unspecified atom stereocenters.